The molecule has 0 saturated carbocycles. The first-order valence-corrected chi connectivity index (χ1v) is 10.2. The molecule has 0 radical (unpaired) electrons. The molecule has 3 atom stereocenters. The van der Waals surface area contributed by atoms with Crippen LogP contribution in [0.1, 0.15) is 25.7 Å². The van der Waals surface area contributed by atoms with Gasteiger partial charge in [-0.25, -0.2) is 4.79 Å². The minimum atomic E-state index is -1.65. The van der Waals surface area contributed by atoms with Gasteiger partial charge in [0.1, 0.15) is 18.1 Å². The highest BCUT2D eigenvalue weighted by Crippen LogP contribution is 2.04. The van der Waals surface area contributed by atoms with E-state index < -0.39 is 73.0 Å². The fraction of sp³-hybridized carbons (Fsp3) is 0.625. The Morgan fingerprint density at radius 2 is 1.40 bits per heavy atom. The molecule has 0 aromatic rings. The van der Waals surface area contributed by atoms with Crippen LogP contribution in [-0.4, -0.2) is 87.6 Å². The van der Waals surface area contributed by atoms with Gasteiger partial charge in [-0.15, -0.1) is 0 Å². The smallest absolute Gasteiger partial charge is 0.326 e. The van der Waals surface area contributed by atoms with Crippen molar-refractivity contribution in [2.45, 2.75) is 43.8 Å². The van der Waals surface area contributed by atoms with Crippen molar-refractivity contribution in [3.63, 3.8) is 0 Å². The summed E-state index contributed by atoms with van der Waals surface area (Å²) in [7, 11) is 0. The lowest BCUT2D eigenvalue weighted by molar-refractivity contribution is -0.144. The first-order valence-electron chi connectivity index (χ1n) is 8.77. The number of thioether (sulfide) groups is 1. The monoisotopic (exact) mass is 450 g/mol. The van der Waals surface area contributed by atoms with Gasteiger partial charge in [0, 0.05) is 6.42 Å². The molecule has 14 heteroatoms. The van der Waals surface area contributed by atoms with E-state index >= 15 is 0 Å². The molecule has 0 aromatic heterocycles. The van der Waals surface area contributed by atoms with Gasteiger partial charge in [0.15, 0.2) is 0 Å². The van der Waals surface area contributed by atoms with Crippen molar-refractivity contribution >= 4 is 47.4 Å². The van der Waals surface area contributed by atoms with Gasteiger partial charge >= 0.3 is 17.9 Å². The lowest BCUT2D eigenvalue weighted by atomic mass is 10.1. The Morgan fingerprint density at radius 3 is 1.87 bits per heavy atom. The van der Waals surface area contributed by atoms with Gasteiger partial charge < -0.3 is 37.0 Å². The summed E-state index contributed by atoms with van der Waals surface area (Å²) in [6.45, 7) is -0.383. The summed E-state index contributed by atoms with van der Waals surface area (Å²) in [6, 6.07) is -4.32. The molecule has 170 valence electrons. The fourth-order valence-corrected chi connectivity index (χ4v) is 2.68. The third-order valence-corrected chi connectivity index (χ3v) is 4.36. The lowest BCUT2D eigenvalue weighted by Gasteiger charge is -2.23. The predicted molar refractivity (Wildman–Crippen MR) is 105 cm³/mol. The van der Waals surface area contributed by atoms with Crippen LogP contribution >= 0.6 is 11.8 Å². The second-order valence-electron chi connectivity index (χ2n) is 6.10. The van der Waals surface area contributed by atoms with Crippen LogP contribution in [0, 0.1) is 0 Å². The maximum Gasteiger partial charge on any atom is 0.326 e. The maximum absolute atomic E-state index is 12.5. The number of carboxylic acids is 3. The molecule has 0 heterocycles. The third kappa shape index (κ3) is 11.2. The van der Waals surface area contributed by atoms with Crippen LogP contribution in [0.25, 0.3) is 0 Å². The highest BCUT2D eigenvalue weighted by atomic mass is 32.2. The van der Waals surface area contributed by atoms with E-state index in [0.717, 1.165) is 0 Å². The first-order chi connectivity index (χ1) is 14.0. The second-order valence-corrected chi connectivity index (χ2v) is 7.08. The number of hydrogen-bond donors (Lipinski definition) is 7. The zero-order valence-corrected chi connectivity index (χ0v) is 17.1. The summed E-state index contributed by atoms with van der Waals surface area (Å²) >= 11 is 1.39. The SMILES string of the molecule is CSCCC(NC(=O)CN)C(=O)NC(CC(=O)O)C(=O)NC(CCC(=O)O)C(=O)O. The number of carbonyl (C=O) groups excluding carboxylic acids is 3. The van der Waals surface area contributed by atoms with Gasteiger partial charge in [0.2, 0.25) is 17.7 Å². The zero-order valence-electron chi connectivity index (χ0n) is 16.3. The van der Waals surface area contributed by atoms with E-state index in [9.17, 15) is 28.8 Å². The lowest BCUT2D eigenvalue weighted by Crippen LogP contribution is -2.56. The summed E-state index contributed by atoms with van der Waals surface area (Å²) in [5.74, 6) is -6.36. The molecule has 0 aliphatic rings. The van der Waals surface area contributed by atoms with Gasteiger partial charge in [-0.2, -0.15) is 11.8 Å². The van der Waals surface area contributed by atoms with Crippen LogP contribution < -0.4 is 21.7 Å². The number of amides is 3. The Labute approximate surface area is 176 Å². The summed E-state index contributed by atoms with van der Waals surface area (Å²) in [5.41, 5.74) is 5.21. The molecule has 0 aromatic carbocycles. The Bertz CT molecular complexity index is 659. The molecular weight excluding hydrogens is 424 g/mol. The van der Waals surface area contributed by atoms with Crippen LogP contribution in [0.2, 0.25) is 0 Å². The molecule has 0 aliphatic carbocycles. The van der Waals surface area contributed by atoms with Crippen molar-refractivity contribution in [2.24, 2.45) is 5.73 Å². The Kier molecular flexibility index (Phi) is 12.8. The average molecular weight is 450 g/mol. The van der Waals surface area contributed by atoms with Crippen molar-refractivity contribution in [3.8, 4) is 0 Å². The van der Waals surface area contributed by atoms with Crippen molar-refractivity contribution in [3.05, 3.63) is 0 Å². The minimum Gasteiger partial charge on any atom is -0.481 e. The van der Waals surface area contributed by atoms with Gasteiger partial charge in [-0.3, -0.25) is 24.0 Å². The molecule has 3 unspecified atom stereocenters. The standard InChI is InChI=1S/C16H26N4O9S/c1-30-5-4-8(18-11(21)7-17)14(26)20-10(6-13(24)25)15(27)19-9(16(28)29)2-3-12(22)23/h8-10H,2-7,17H2,1H3,(H,18,21)(H,19,27)(H,20,26)(H,22,23)(H,24,25)(H,28,29). The van der Waals surface area contributed by atoms with Crippen molar-refractivity contribution < 1.29 is 44.1 Å². The number of rotatable bonds is 15. The summed E-state index contributed by atoms with van der Waals surface area (Å²) in [6.07, 6.45) is 0.102. The van der Waals surface area contributed by atoms with E-state index in [-0.39, 0.29) is 13.0 Å². The Balaban J connectivity index is 5.33. The highest BCUT2D eigenvalue weighted by Gasteiger charge is 2.31. The molecular formula is C16H26N4O9S. The molecule has 0 fully saturated rings. The van der Waals surface area contributed by atoms with Crippen molar-refractivity contribution in [1.29, 1.82) is 0 Å². The normalized spacial score (nSPS) is 13.4. The van der Waals surface area contributed by atoms with E-state index in [1.54, 1.807) is 6.26 Å². The van der Waals surface area contributed by atoms with Crippen LogP contribution in [0.4, 0.5) is 0 Å². The number of nitrogens with one attached hydrogen (secondary N) is 3. The van der Waals surface area contributed by atoms with E-state index in [1.807, 2.05) is 5.32 Å². The largest absolute Gasteiger partial charge is 0.481 e. The molecule has 13 nitrogen and oxygen atoms in total. The average Bonchev–Trinajstić information content (AvgIpc) is 2.66. The summed E-state index contributed by atoms with van der Waals surface area (Å²) in [5, 5.41) is 33.4. The van der Waals surface area contributed by atoms with Crippen molar-refractivity contribution in [2.75, 3.05) is 18.6 Å². The zero-order chi connectivity index (χ0) is 23.3. The Hall–Kier alpha value is -2.87. The van der Waals surface area contributed by atoms with Crippen molar-refractivity contribution in [1.82, 2.24) is 16.0 Å². The molecule has 0 bridgehead atoms. The van der Waals surface area contributed by atoms with E-state index in [0.29, 0.717) is 5.75 Å². The van der Waals surface area contributed by atoms with Crippen LogP contribution in [-0.2, 0) is 28.8 Å². The summed E-state index contributed by atoms with van der Waals surface area (Å²) < 4.78 is 0. The number of carbonyl (C=O) groups is 6. The minimum absolute atomic E-state index is 0.177. The highest BCUT2D eigenvalue weighted by molar-refractivity contribution is 7.98. The Morgan fingerprint density at radius 1 is 0.833 bits per heavy atom. The van der Waals surface area contributed by atoms with E-state index in [1.165, 1.54) is 11.8 Å². The molecule has 0 saturated heterocycles. The molecule has 0 rings (SSSR count). The van der Waals surface area contributed by atoms with Gasteiger partial charge in [-0.1, -0.05) is 0 Å². The first kappa shape index (κ1) is 27.1. The molecule has 3 amide bonds. The van der Waals surface area contributed by atoms with Gasteiger partial charge in [-0.05, 0) is 24.9 Å². The van der Waals surface area contributed by atoms with Gasteiger partial charge in [0.25, 0.3) is 0 Å². The van der Waals surface area contributed by atoms with Crippen LogP contribution in [0.3, 0.4) is 0 Å². The predicted octanol–water partition coefficient (Wildman–Crippen LogP) is -2.42. The topological polar surface area (TPSA) is 225 Å². The molecule has 30 heavy (non-hydrogen) atoms. The van der Waals surface area contributed by atoms with Crippen LogP contribution in [0.5, 0.6) is 0 Å². The third-order valence-electron chi connectivity index (χ3n) is 3.72. The summed E-state index contributed by atoms with van der Waals surface area (Å²) in [4.78, 5) is 69.3. The number of nitrogens with two attached hydrogens (primary N) is 1. The van der Waals surface area contributed by atoms with E-state index in [2.05, 4.69) is 10.6 Å². The quantitative estimate of drug-likeness (QED) is 0.139. The van der Waals surface area contributed by atoms with Gasteiger partial charge in [0.05, 0.1) is 13.0 Å². The molecule has 0 aliphatic heterocycles. The van der Waals surface area contributed by atoms with E-state index in [4.69, 9.17) is 21.1 Å². The fourth-order valence-electron chi connectivity index (χ4n) is 2.21. The van der Waals surface area contributed by atoms with Crippen LogP contribution in [0.15, 0.2) is 0 Å². The number of aliphatic carboxylic acids is 3. The maximum atomic E-state index is 12.5. The molecule has 0 spiro atoms. The second kappa shape index (κ2) is 14.2. The number of hydrogen-bond acceptors (Lipinski definition) is 8. The number of carboxylic acid groups (broad SMARTS) is 3. The molecule has 8 N–H and O–H groups in total.